The number of rotatable bonds is 1. The Morgan fingerprint density at radius 3 is 2.76 bits per heavy atom. The van der Waals surface area contributed by atoms with E-state index in [0.717, 1.165) is 30.3 Å². The molecule has 0 spiro atoms. The summed E-state index contributed by atoms with van der Waals surface area (Å²) in [6.07, 6.45) is 5.12. The SMILES string of the molecule is O=C1C=C(c2ccc(Br)cc2)C[C@@H]2CCCN12. The molecule has 2 aliphatic heterocycles. The Balaban J connectivity index is 1.91. The molecule has 1 amide bonds. The van der Waals surface area contributed by atoms with Crippen LogP contribution in [0.1, 0.15) is 24.8 Å². The predicted octanol–water partition coefficient (Wildman–Crippen LogP) is 3.23. The van der Waals surface area contributed by atoms with Crippen LogP contribution in [0.15, 0.2) is 34.8 Å². The second-order valence-electron chi connectivity index (χ2n) is 4.71. The molecule has 1 atom stereocenters. The Morgan fingerprint density at radius 1 is 1.24 bits per heavy atom. The van der Waals surface area contributed by atoms with Crippen molar-refractivity contribution in [2.45, 2.75) is 25.3 Å². The molecule has 0 N–H and O–H groups in total. The van der Waals surface area contributed by atoms with E-state index in [4.69, 9.17) is 0 Å². The van der Waals surface area contributed by atoms with E-state index in [2.05, 4.69) is 28.1 Å². The molecule has 0 aliphatic carbocycles. The normalized spacial score (nSPS) is 23.6. The van der Waals surface area contributed by atoms with E-state index in [1.807, 2.05) is 23.1 Å². The lowest BCUT2D eigenvalue weighted by Crippen LogP contribution is -2.37. The highest BCUT2D eigenvalue weighted by Crippen LogP contribution is 2.32. The third-order valence-corrected chi connectivity index (χ3v) is 4.16. The van der Waals surface area contributed by atoms with Gasteiger partial charge >= 0.3 is 0 Å². The van der Waals surface area contributed by atoms with Gasteiger partial charge in [-0.2, -0.15) is 0 Å². The first-order valence-corrected chi connectivity index (χ1v) is 6.80. The maximum atomic E-state index is 12.0. The maximum absolute atomic E-state index is 12.0. The summed E-state index contributed by atoms with van der Waals surface area (Å²) in [5.74, 6) is 0.191. The Hall–Kier alpha value is -1.09. The first kappa shape index (κ1) is 11.0. The average Bonchev–Trinajstić information content (AvgIpc) is 2.78. The van der Waals surface area contributed by atoms with Crippen LogP contribution in [-0.2, 0) is 4.79 Å². The van der Waals surface area contributed by atoms with E-state index < -0.39 is 0 Å². The molecule has 0 aromatic heterocycles. The van der Waals surface area contributed by atoms with Gasteiger partial charge in [-0.25, -0.2) is 0 Å². The number of nitrogens with zero attached hydrogens (tertiary/aromatic N) is 1. The standard InChI is InChI=1S/C14H14BrNO/c15-12-5-3-10(4-6-12)11-8-13-2-1-7-16(13)14(17)9-11/h3-6,9,13H,1-2,7-8H2/t13-/m0/s1. The number of carbonyl (C=O) groups is 1. The van der Waals surface area contributed by atoms with Gasteiger partial charge in [-0.1, -0.05) is 28.1 Å². The summed E-state index contributed by atoms with van der Waals surface area (Å²) in [6, 6.07) is 8.65. The Bertz CT molecular complexity index is 478. The van der Waals surface area contributed by atoms with Crippen LogP contribution in [0.25, 0.3) is 5.57 Å². The summed E-state index contributed by atoms with van der Waals surface area (Å²) < 4.78 is 1.08. The largest absolute Gasteiger partial charge is 0.336 e. The van der Waals surface area contributed by atoms with E-state index in [1.54, 1.807) is 0 Å². The van der Waals surface area contributed by atoms with Gasteiger partial charge in [0, 0.05) is 23.1 Å². The molecule has 1 fully saturated rings. The molecule has 2 aliphatic rings. The first-order valence-electron chi connectivity index (χ1n) is 6.01. The number of benzene rings is 1. The van der Waals surface area contributed by atoms with Crippen molar-refractivity contribution in [3.8, 4) is 0 Å². The summed E-state index contributed by atoms with van der Waals surface area (Å²) in [5.41, 5.74) is 2.36. The van der Waals surface area contributed by atoms with E-state index in [-0.39, 0.29) is 5.91 Å². The van der Waals surface area contributed by atoms with Crippen LogP contribution in [-0.4, -0.2) is 23.4 Å². The summed E-state index contributed by atoms with van der Waals surface area (Å²) in [6.45, 7) is 0.938. The van der Waals surface area contributed by atoms with E-state index in [9.17, 15) is 4.79 Å². The zero-order valence-corrected chi connectivity index (χ0v) is 11.1. The van der Waals surface area contributed by atoms with Crippen LogP contribution in [0.4, 0.5) is 0 Å². The van der Waals surface area contributed by atoms with Gasteiger partial charge in [0.15, 0.2) is 0 Å². The second kappa shape index (κ2) is 4.30. The van der Waals surface area contributed by atoms with Gasteiger partial charge in [0.25, 0.3) is 0 Å². The van der Waals surface area contributed by atoms with Gasteiger partial charge in [-0.3, -0.25) is 4.79 Å². The van der Waals surface area contributed by atoms with Crippen molar-refractivity contribution in [3.05, 3.63) is 40.4 Å². The fourth-order valence-corrected chi connectivity index (χ4v) is 3.01. The van der Waals surface area contributed by atoms with Crippen molar-refractivity contribution < 1.29 is 4.79 Å². The molecular weight excluding hydrogens is 278 g/mol. The molecule has 1 saturated heterocycles. The fourth-order valence-electron chi connectivity index (χ4n) is 2.75. The summed E-state index contributed by atoms with van der Waals surface area (Å²) in [5, 5.41) is 0. The smallest absolute Gasteiger partial charge is 0.247 e. The van der Waals surface area contributed by atoms with Crippen LogP contribution in [0, 0.1) is 0 Å². The minimum Gasteiger partial charge on any atom is -0.336 e. The van der Waals surface area contributed by atoms with Crippen molar-refractivity contribution in [2.75, 3.05) is 6.54 Å². The van der Waals surface area contributed by atoms with Gasteiger partial charge in [0.1, 0.15) is 0 Å². The van der Waals surface area contributed by atoms with E-state index in [1.165, 1.54) is 11.1 Å². The molecule has 0 radical (unpaired) electrons. The van der Waals surface area contributed by atoms with Crippen LogP contribution >= 0.6 is 15.9 Å². The monoisotopic (exact) mass is 291 g/mol. The molecule has 0 bridgehead atoms. The Morgan fingerprint density at radius 2 is 2.00 bits per heavy atom. The van der Waals surface area contributed by atoms with Crippen molar-refractivity contribution in [3.63, 3.8) is 0 Å². The molecular formula is C14H14BrNO. The highest BCUT2D eigenvalue weighted by Gasteiger charge is 2.32. The lowest BCUT2D eigenvalue weighted by atomic mass is 9.94. The van der Waals surface area contributed by atoms with Crippen LogP contribution < -0.4 is 0 Å². The Labute approximate surface area is 109 Å². The quantitative estimate of drug-likeness (QED) is 0.778. The second-order valence-corrected chi connectivity index (χ2v) is 5.62. The molecule has 3 heteroatoms. The number of amides is 1. The third-order valence-electron chi connectivity index (χ3n) is 3.63. The van der Waals surface area contributed by atoms with Crippen molar-refractivity contribution in [2.24, 2.45) is 0 Å². The number of hydrogen-bond acceptors (Lipinski definition) is 1. The van der Waals surface area contributed by atoms with Gasteiger partial charge in [-0.15, -0.1) is 0 Å². The molecule has 1 aromatic carbocycles. The summed E-state index contributed by atoms with van der Waals surface area (Å²) in [7, 11) is 0. The minimum atomic E-state index is 0.191. The lowest BCUT2D eigenvalue weighted by Gasteiger charge is -2.29. The van der Waals surface area contributed by atoms with Crippen LogP contribution in [0.5, 0.6) is 0 Å². The van der Waals surface area contributed by atoms with E-state index in [0.29, 0.717) is 6.04 Å². The molecule has 2 heterocycles. The maximum Gasteiger partial charge on any atom is 0.247 e. The molecule has 2 nitrogen and oxygen atoms in total. The molecule has 3 rings (SSSR count). The zero-order chi connectivity index (χ0) is 11.8. The molecule has 88 valence electrons. The van der Waals surface area contributed by atoms with Crippen LogP contribution in [0.2, 0.25) is 0 Å². The minimum absolute atomic E-state index is 0.191. The number of hydrogen-bond donors (Lipinski definition) is 0. The van der Waals surface area contributed by atoms with Crippen molar-refractivity contribution in [1.29, 1.82) is 0 Å². The van der Waals surface area contributed by atoms with Crippen molar-refractivity contribution in [1.82, 2.24) is 4.90 Å². The zero-order valence-electron chi connectivity index (χ0n) is 9.53. The van der Waals surface area contributed by atoms with Crippen molar-refractivity contribution >= 4 is 27.4 Å². The van der Waals surface area contributed by atoms with Gasteiger partial charge in [0.05, 0.1) is 0 Å². The molecule has 17 heavy (non-hydrogen) atoms. The summed E-state index contributed by atoms with van der Waals surface area (Å²) >= 11 is 3.43. The Kier molecular flexibility index (Phi) is 2.79. The molecule has 0 unspecified atom stereocenters. The number of halogens is 1. The van der Waals surface area contributed by atoms with E-state index >= 15 is 0 Å². The molecule has 0 saturated carbocycles. The average molecular weight is 292 g/mol. The van der Waals surface area contributed by atoms with Crippen LogP contribution in [0.3, 0.4) is 0 Å². The summed E-state index contributed by atoms with van der Waals surface area (Å²) in [4.78, 5) is 14.0. The van der Waals surface area contributed by atoms with Gasteiger partial charge in [-0.05, 0) is 42.5 Å². The topological polar surface area (TPSA) is 20.3 Å². The third kappa shape index (κ3) is 2.04. The van der Waals surface area contributed by atoms with Gasteiger partial charge in [0.2, 0.25) is 5.91 Å². The molecule has 1 aromatic rings. The number of fused-ring (bicyclic) bond motifs is 1. The van der Waals surface area contributed by atoms with Gasteiger partial charge < -0.3 is 4.90 Å². The fraction of sp³-hybridized carbons (Fsp3) is 0.357. The first-order chi connectivity index (χ1) is 8.24. The lowest BCUT2D eigenvalue weighted by molar-refractivity contribution is -0.127. The number of carbonyl (C=O) groups excluding carboxylic acids is 1. The highest BCUT2D eigenvalue weighted by atomic mass is 79.9. The highest BCUT2D eigenvalue weighted by molar-refractivity contribution is 9.10. The predicted molar refractivity (Wildman–Crippen MR) is 71.5 cm³/mol.